The molecule has 13 heavy (non-hydrogen) atoms. The Hall–Kier alpha value is -1.02. The molecule has 1 aromatic rings. The van der Waals surface area contributed by atoms with Crippen molar-refractivity contribution in [3.05, 3.63) is 29.8 Å². The Labute approximate surface area is 79.4 Å². The number of anilines is 1. The Morgan fingerprint density at radius 1 is 1.46 bits per heavy atom. The molecule has 1 atom stereocenters. The van der Waals surface area contributed by atoms with Crippen molar-refractivity contribution < 1.29 is 0 Å². The molecule has 2 heteroatoms. The van der Waals surface area contributed by atoms with Crippen molar-refractivity contribution in [2.24, 2.45) is 5.73 Å². The molecule has 2 rings (SSSR count). The first-order chi connectivity index (χ1) is 6.33. The molecule has 0 saturated carbocycles. The van der Waals surface area contributed by atoms with Crippen molar-refractivity contribution in [3.8, 4) is 0 Å². The van der Waals surface area contributed by atoms with Gasteiger partial charge >= 0.3 is 0 Å². The van der Waals surface area contributed by atoms with Gasteiger partial charge in [0.25, 0.3) is 0 Å². The number of hydrogen-bond donors (Lipinski definition) is 1. The van der Waals surface area contributed by atoms with Crippen LogP contribution in [0.4, 0.5) is 5.69 Å². The monoisotopic (exact) mass is 176 g/mol. The topological polar surface area (TPSA) is 29.3 Å². The normalized spacial score (nSPS) is 21.4. The molecule has 0 amide bonds. The average Bonchev–Trinajstić information content (AvgIpc) is 2.19. The minimum absolute atomic E-state index is 0.235. The van der Waals surface area contributed by atoms with E-state index in [0.29, 0.717) is 0 Å². The molecule has 1 aliphatic heterocycles. The zero-order valence-corrected chi connectivity index (χ0v) is 8.03. The fourth-order valence-electron chi connectivity index (χ4n) is 1.99. The van der Waals surface area contributed by atoms with Crippen LogP contribution < -0.4 is 10.6 Å². The highest BCUT2D eigenvalue weighted by molar-refractivity contribution is 5.56. The average molecular weight is 176 g/mol. The van der Waals surface area contributed by atoms with Crippen LogP contribution in [0.3, 0.4) is 0 Å². The predicted octanol–water partition coefficient (Wildman–Crippen LogP) is 1.92. The standard InChI is InChI=1S/C11H16N2/c1-2-13-8-7-10(12)9-5-3-4-6-11(9)13/h3-6,10H,2,7-8,12H2,1H3. The van der Waals surface area contributed by atoms with E-state index in [4.69, 9.17) is 5.73 Å². The van der Waals surface area contributed by atoms with E-state index in [1.165, 1.54) is 11.3 Å². The third kappa shape index (κ3) is 1.42. The van der Waals surface area contributed by atoms with Gasteiger partial charge in [0.2, 0.25) is 0 Å². The van der Waals surface area contributed by atoms with E-state index < -0.39 is 0 Å². The predicted molar refractivity (Wildman–Crippen MR) is 55.9 cm³/mol. The third-order valence-corrected chi connectivity index (χ3v) is 2.77. The minimum atomic E-state index is 0.235. The molecule has 0 spiro atoms. The lowest BCUT2D eigenvalue weighted by atomic mass is 9.97. The van der Waals surface area contributed by atoms with E-state index >= 15 is 0 Å². The van der Waals surface area contributed by atoms with E-state index in [0.717, 1.165) is 19.5 Å². The van der Waals surface area contributed by atoms with Crippen LogP contribution in [-0.2, 0) is 0 Å². The Kier molecular flexibility index (Phi) is 2.23. The summed E-state index contributed by atoms with van der Waals surface area (Å²) < 4.78 is 0. The third-order valence-electron chi connectivity index (χ3n) is 2.77. The van der Waals surface area contributed by atoms with E-state index in [2.05, 4.69) is 36.1 Å². The highest BCUT2D eigenvalue weighted by Crippen LogP contribution is 2.31. The lowest BCUT2D eigenvalue weighted by Crippen LogP contribution is -2.33. The number of benzene rings is 1. The molecule has 1 heterocycles. The summed E-state index contributed by atoms with van der Waals surface area (Å²) in [7, 11) is 0. The van der Waals surface area contributed by atoms with E-state index in [1.54, 1.807) is 0 Å². The Morgan fingerprint density at radius 3 is 3.00 bits per heavy atom. The highest BCUT2D eigenvalue weighted by atomic mass is 15.1. The van der Waals surface area contributed by atoms with Gasteiger partial charge in [0.1, 0.15) is 0 Å². The lowest BCUT2D eigenvalue weighted by Gasteiger charge is -2.33. The molecule has 1 aromatic carbocycles. The van der Waals surface area contributed by atoms with Crippen LogP contribution in [0.15, 0.2) is 24.3 Å². The SMILES string of the molecule is CCN1CCC(N)c2ccccc21. The maximum Gasteiger partial charge on any atom is 0.0414 e. The van der Waals surface area contributed by atoms with Crippen molar-refractivity contribution in [3.63, 3.8) is 0 Å². The molecule has 0 aliphatic carbocycles. The van der Waals surface area contributed by atoms with Crippen molar-refractivity contribution in [2.45, 2.75) is 19.4 Å². The summed E-state index contributed by atoms with van der Waals surface area (Å²) in [6.07, 6.45) is 1.07. The minimum Gasteiger partial charge on any atom is -0.371 e. The molecule has 0 radical (unpaired) electrons. The Balaban J connectivity index is 2.42. The molecular formula is C11H16N2. The first kappa shape index (κ1) is 8.57. The number of hydrogen-bond acceptors (Lipinski definition) is 2. The molecule has 1 unspecified atom stereocenters. The van der Waals surface area contributed by atoms with Crippen molar-refractivity contribution in [2.75, 3.05) is 18.0 Å². The molecule has 0 aromatic heterocycles. The van der Waals surface area contributed by atoms with Gasteiger partial charge in [0.05, 0.1) is 0 Å². The molecule has 2 nitrogen and oxygen atoms in total. The maximum absolute atomic E-state index is 6.04. The first-order valence-corrected chi connectivity index (χ1v) is 4.92. The molecule has 1 aliphatic rings. The van der Waals surface area contributed by atoms with Gasteiger partial charge in [0, 0.05) is 24.8 Å². The summed E-state index contributed by atoms with van der Waals surface area (Å²) in [5.74, 6) is 0. The Bertz CT molecular complexity index is 296. The summed E-state index contributed by atoms with van der Waals surface area (Å²) in [5, 5.41) is 0. The van der Waals surface area contributed by atoms with Crippen molar-refractivity contribution >= 4 is 5.69 Å². The van der Waals surface area contributed by atoms with E-state index in [1.807, 2.05) is 0 Å². The van der Waals surface area contributed by atoms with Crippen LogP contribution in [0, 0.1) is 0 Å². The first-order valence-electron chi connectivity index (χ1n) is 4.92. The van der Waals surface area contributed by atoms with Gasteiger partial charge in [-0.05, 0) is 25.0 Å². The number of rotatable bonds is 1. The van der Waals surface area contributed by atoms with Crippen LogP contribution >= 0.6 is 0 Å². The summed E-state index contributed by atoms with van der Waals surface area (Å²) in [6, 6.07) is 8.69. The second-order valence-corrected chi connectivity index (χ2v) is 3.53. The zero-order chi connectivity index (χ0) is 9.26. The van der Waals surface area contributed by atoms with Crippen molar-refractivity contribution in [1.29, 1.82) is 0 Å². The largest absolute Gasteiger partial charge is 0.371 e. The van der Waals surface area contributed by atoms with Crippen LogP contribution in [0.25, 0.3) is 0 Å². The van der Waals surface area contributed by atoms with Crippen LogP contribution in [0.1, 0.15) is 24.9 Å². The molecule has 2 N–H and O–H groups in total. The summed E-state index contributed by atoms with van der Waals surface area (Å²) in [5.41, 5.74) is 8.66. The van der Waals surface area contributed by atoms with Crippen LogP contribution in [0.5, 0.6) is 0 Å². The van der Waals surface area contributed by atoms with E-state index in [-0.39, 0.29) is 6.04 Å². The lowest BCUT2D eigenvalue weighted by molar-refractivity contribution is 0.598. The fourth-order valence-corrected chi connectivity index (χ4v) is 1.99. The maximum atomic E-state index is 6.04. The smallest absolute Gasteiger partial charge is 0.0414 e. The van der Waals surface area contributed by atoms with Gasteiger partial charge in [-0.2, -0.15) is 0 Å². The summed E-state index contributed by atoms with van der Waals surface area (Å²) in [6.45, 7) is 4.35. The van der Waals surface area contributed by atoms with Crippen LogP contribution in [-0.4, -0.2) is 13.1 Å². The number of nitrogens with two attached hydrogens (primary N) is 1. The molecule has 0 saturated heterocycles. The van der Waals surface area contributed by atoms with Gasteiger partial charge in [0.15, 0.2) is 0 Å². The summed E-state index contributed by atoms with van der Waals surface area (Å²) >= 11 is 0. The Morgan fingerprint density at radius 2 is 2.23 bits per heavy atom. The second kappa shape index (κ2) is 3.38. The van der Waals surface area contributed by atoms with Gasteiger partial charge < -0.3 is 10.6 Å². The quantitative estimate of drug-likeness (QED) is 0.708. The van der Waals surface area contributed by atoms with Gasteiger partial charge in [-0.1, -0.05) is 18.2 Å². The second-order valence-electron chi connectivity index (χ2n) is 3.53. The van der Waals surface area contributed by atoms with Gasteiger partial charge in [-0.3, -0.25) is 0 Å². The zero-order valence-electron chi connectivity index (χ0n) is 8.03. The number of nitrogens with zero attached hydrogens (tertiary/aromatic N) is 1. The van der Waals surface area contributed by atoms with E-state index in [9.17, 15) is 0 Å². The molecule has 70 valence electrons. The molecular weight excluding hydrogens is 160 g/mol. The van der Waals surface area contributed by atoms with Gasteiger partial charge in [-0.25, -0.2) is 0 Å². The summed E-state index contributed by atoms with van der Waals surface area (Å²) in [4.78, 5) is 2.39. The fraction of sp³-hybridized carbons (Fsp3) is 0.455. The van der Waals surface area contributed by atoms with Crippen molar-refractivity contribution in [1.82, 2.24) is 0 Å². The number of para-hydroxylation sites is 1. The molecule has 0 fully saturated rings. The van der Waals surface area contributed by atoms with Gasteiger partial charge in [-0.15, -0.1) is 0 Å². The van der Waals surface area contributed by atoms with Crippen LogP contribution in [0.2, 0.25) is 0 Å². The number of fused-ring (bicyclic) bond motifs is 1. The highest BCUT2D eigenvalue weighted by Gasteiger charge is 2.20. The molecule has 0 bridgehead atoms.